The Labute approximate surface area is 121 Å². The van der Waals surface area contributed by atoms with Crippen LogP contribution in [0, 0.1) is 0 Å². The molecule has 8 heteroatoms. The minimum absolute atomic E-state index is 0.0690. The SMILES string of the molecule is CCC(C)PNC(P)(NP[I-]C(C)C)PP. The van der Waals surface area contributed by atoms with Crippen molar-refractivity contribution in [3.63, 3.8) is 0 Å². The minimum atomic E-state index is 0.0690. The zero-order valence-corrected chi connectivity index (χ0v) is 17.9. The van der Waals surface area contributed by atoms with E-state index < -0.39 is 0 Å². The van der Waals surface area contributed by atoms with Crippen LogP contribution in [0.2, 0.25) is 0 Å². The van der Waals surface area contributed by atoms with Crippen molar-refractivity contribution in [2.24, 2.45) is 0 Å². The Morgan fingerprint density at radius 2 is 1.94 bits per heavy atom. The molecule has 0 fully saturated rings. The van der Waals surface area contributed by atoms with Crippen LogP contribution in [0.1, 0.15) is 34.1 Å². The first-order valence-corrected chi connectivity index (χ1v) is 15.2. The van der Waals surface area contributed by atoms with E-state index in [1.54, 1.807) is 0 Å². The normalized spacial score (nSPS) is 19.9. The molecule has 2 N–H and O–H groups in total. The monoisotopic (exact) mass is 431 g/mol. The van der Waals surface area contributed by atoms with E-state index in [1.807, 2.05) is 0 Å². The fourth-order valence-corrected chi connectivity index (χ4v) is 10.0. The van der Waals surface area contributed by atoms with E-state index in [9.17, 15) is 0 Å². The van der Waals surface area contributed by atoms with E-state index in [2.05, 4.69) is 56.0 Å². The summed E-state index contributed by atoms with van der Waals surface area (Å²) >= 11 is 0.324. The molecule has 0 spiro atoms. The predicted molar refractivity (Wildman–Crippen MR) is 88.3 cm³/mol. The standard InChI is InChI=1S/C8H25IN2P5/c1-5-7(4)14-10-8(12,15-13)11-16-9-6(2)3/h6-7,10-11,14-16H,5,12-13H2,1-4H3/q-1. The Morgan fingerprint density at radius 3 is 2.38 bits per heavy atom. The molecule has 0 aliphatic heterocycles. The molecule has 0 saturated heterocycles. The van der Waals surface area contributed by atoms with Gasteiger partial charge in [0.15, 0.2) is 0 Å². The summed E-state index contributed by atoms with van der Waals surface area (Å²) in [7, 11) is 7.47. The van der Waals surface area contributed by atoms with Crippen LogP contribution in [-0.2, 0) is 0 Å². The van der Waals surface area contributed by atoms with Crippen molar-refractivity contribution in [2.45, 2.75) is 48.8 Å². The molecule has 0 rings (SSSR count). The van der Waals surface area contributed by atoms with Crippen LogP contribution < -0.4 is 30.8 Å². The number of alkyl halides is 1. The molecule has 0 radical (unpaired) electrons. The van der Waals surface area contributed by atoms with Crippen molar-refractivity contribution < 1.29 is 20.7 Å². The van der Waals surface area contributed by atoms with Crippen LogP contribution >= 0.6 is 41.5 Å². The molecule has 0 aromatic heterocycles. The molecule has 0 bridgehead atoms. The molecule has 0 aromatic rings. The molecule has 0 aliphatic rings. The molecule has 7 unspecified atom stereocenters. The second-order valence-corrected chi connectivity index (χ2v) is 15.4. The van der Waals surface area contributed by atoms with Gasteiger partial charge in [0.25, 0.3) is 0 Å². The van der Waals surface area contributed by atoms with Gasteiger partial charge >= 0.3 is 121 Å². The summed E-state index contributed by atoms with van der Waals surface area (Å²) in [5, 5.41) is 7.42. The van der Waals surface area contributed by atoms with Crippen LogP contribution in [0.15, 0.2) is 0 Å². The number of hydrogen-bond donors (Lipinski definition) is 2. The third-order valence-electron chi connectivity index (χ3n) is 1.87. The Bertz CT molecular complexity index is 186. The van der Waals surface area contributed by atoms with Crippen LogP contribution in [0.25, 0.3) is 0 Å². The van der Waals surface area contributed by atoms with Crippen molar-refractivity contribution >= 4 is 41.5 Å². The molecule has 100 valence electrons. The third kappa shape index (κ3) is 9.69. The number of halogens is 1. The van der Waals surface area contributed by atoms with E-state index >= 15 is 0 Å². The summed E-state index contributed by atoms with van der Waals surface area (Å²) in [6.07, 6.45) is 2.21. The summed E-state index contributed by atoms with van der Waals surface area (Å²) in [5.41, 5.74) is 0.784. The van der Waals surface area contributed by atoms with Gasteiger partial charge in [-0.1, -0.05) is 0 Å². The molecular formula is C8H25IN2P5-. The van der Waals surface area contributed by atoms with E-state index in [4.69, 9.17) is 0 Å². The first-order chi connectivity index (χ1) is 7.43. The Balaban J connectivity index is 3.90. The average Bonchev–Trinajstić information content (AvgIpc) is 2.25. The summed E-state index contributed by atoms with van der Waals surface area (Å²) in [6, 6.07) is 0. The molecular weight excluding hydrogens is 406 g/mol. The molecule has 0 heterocycles. The van der Waals surface area contributed by atoms with Gasteiger partial charge in [0.1, 0.15) is 0 Å². The van der Waals surface area contributed by atoms with Gasteiger partial charge in [-0.2, -0.15) is 0 Å². The van der Waals surface area contributed by atoms with Crippen molar-refractivity contribution in [3.05, 3.63) is 0 Å². The van der Waals surface area contributed by atoms with Gasteiger partial charge in [0.2, 0.25) is 0 Å². The van der Waals surface area contributed by atoms with Gasteiger partial charge in [-0.25, -0.2) is 0 Å². The van der Waals surface area contributed by atoms with Gasteiger partial charge < -0.3 is 0 Å². The topological polar surface area (TPSA) is 24.1 Å². The van der Waals surface area contributed by atoms with Gasteiger partial charge in [-0.3, -0.25) is 0 Å². The van der Waals surface area contributed by atoms with Crippen LogP contribution in [0.3, 0.4) is 0 Å². The van der Waals surface area contributed by atoms with E-state index in [1.165, 1.54) is 6.42 Å². The van der Waals surface area contributed by atoms with Crippen LogP contribution in [0.4, 0.5) is 0 Å². The van der Waals surface area contributed by atoms with Gasteiger partial charge in [-0.15, -0.1) is 0 Å². The summed E-state index contributed by atoms with van der Waals surface area (Å²) < 4.78 is 0.892. The van der Waals surface area contributed by atoms with Crippen molar-refractivity contribution in [1.29, 1.82) is 0 Å². The summed E-state index contributed by atoms with van der Waals surface area (Å²) in [4.78, 5) is 0. The predicted octanol–water partition coefficient (Wildman–Crippen LogP) is 0.518. The fraction of sp³-hybridized carbons (Fsp3) is 1.00. The molecule has 2 nitrogen and oxygen atoms in total. The molecule has 0 saturated carbocycles. The summed E-state index contributed by atoms with van der Waals surface area (Å²) in [5.74, 6) is 0. The Kier molecular flexibility index (Phi) is 12.4. The van der Waals surface area contributed by atoms with Crippen molar-refractivity contribution in [3.8, 4) is 0 Å². The fourth-order valence-electron chi connectivity index (χ4n) is 0.653. The third-order valence-corrected chi connectivity index (χ3v) is 14.8. The number of rotatable bonds is 9. The van der Waals surface area contributed by atoms with Crippen molar-refractivity contribution in [2.75, 3.05) is 0 Å². The van der Waals surface area contributed by atoms with E-state index in [0.717, 1.165) is 33.0 Å². The Morgan fingerprint density at radius 1 is 1.31 bits per heavy atom. The average molecular weight is 431 g/mol. The van der Waals surface area contributed by atoms with E-state index in [-0.39, 0.29) is 5.15 Å². The maximum absolute atomic E-state index is 3.68. The second kappa shape index (κ2) is 10.6. The van der Waals surface area contributed by atoms with E-state index in [0.29, 0.717) is 20.7 Å². The molecule has 0 aliphatic carbocycles. The number of hydrogen-bond acceptors (Lipinski definition) is 2. The molecule has 16 heavy (non-hydrogen) atoms. The van der Waals surface area contributed by atoms with Crippen molar-refractivity contribution in [1.82, 2.24) is 10.2 Å². The first-order valence-electron chi connectivity index (χ1n) is 5.37. The Hall–Kier alpha value is 2.80. The first kappa shape index (κ1) is 18.8. The zero-order valence-electron chi connectivity index (χ0n) is 10.4. The number of nitrogens with one attached hydrogen (secondary N) is 2. The molecule has 0 aromatic carbocycles. The quantitative estimate of drug-likeness (QED) is 0.241. The second-order valence-electron chi connectivity index (χ2n) is 3.87. The van der Waals surface area contributed by atoms with Gasteiger partial charge in [0, 0.05) is 0 Å². The maximum atomic E-state index is 3.68. The summed E-state index contributed by atoms with van der Waals surface area (Å²) in [6.45, 7) is 9.21. The molecule has 7 atom stereocenters. The molecule has 0 amide bonds. The van der Waals surface area contributed by atoms with Crippen LogP contribution in [0.5, 0.6) is 0 Å². The van der Waals surface area contributed by atoms with Crippen LogP contribution in [-0.4, -0.2) is 14.7 Å². The zero-order chi connectivity index (χ0) is 12.6. The van der Waals surface area contributed by atoms with Gasteiger partial charge in [0.05, 0.1) is 0 Å². The van der Waals surface area contributed by atoms with Gasteiger partial charge in [-0.05, 0) is 0 Å².